The summed E-state index contributed by atoms with van der Waals surface area (Å²) in [5.74, 6) is 0. The molecule has 0 saturated carbocycles. The predicted molar refractivity (Wildman–Crippen MR) is 74.5 cm³/mol. The fourth-order valence-electron chi connectivity index (χ4n) is 2.15. The van der Waals surface area contributed by atoms with Crippen LogP contribution in [0.3, 0.4) is 0 Å². The van der Waals surface area contributed by atoms with Gasteiger partial charge in [-0.3, -0.25) is 4.68 Å². The SMILES string of the molecule is Cc1nn(C)c(Cn2cnc3ccccc32)c1Br. The maximum Gasteiger partial charge on any atom is 0.0962 e. The highest BCUT2D eigenvalue weighted by Crippen LogP contribution is 2.22. The molecule has 0 aliphatic heterocycles. The molecular formula is C13H13BrN4. The molecule has 2 aromatic heterocycles. The number of hydrogen-bond donors (Lipinski definition) is 0. The summed E-state index contributed by atoms with van der Waals surface area (Å²) in [5.41, 5.74) is 4.32. The number of imidazole rings is 1. The molecule has 0 aliphatic carbocycles. The van der Waals surface area contributed by atoms with Crippen LogP contribution in [0.5, 0.6) is 0 Å². The van der Waals surface area contributed by atoms with Crippen LogP contribution in [0.25, 0.3) is 11.0 Å². The van der Waals surface area contributed by atoms with E-state index < -0.39 is 0 Å². The van der Waals surface area contributed by atoms with Crippen molar-refractivity contribution in [3.05, 3.63) is 46.5 Å². The third-order valence-electron chi connectivity index (χ3n) is 3.11. The molecular weight excluding hydrogens is 292 g/mol. The first-order valence-corrected chi connectivity index (χ1v) is 6.54. The van der Waals surface area contributed by atoms with Gasteiger partial charge in [0.25, 0.3) is 0 Å². The van der Waals surface area contributed by atoms with Crippen molar-refractivity contribution in [2.24, 2.45) is 7.05 Å². The van der Waals surface area contributed by atoms with Gasteiger partial charge in [0.15, 0.2) is 0 Å². The Morgan fingerprint density at radius 2 is 2.06 bits per heavy atom. The average molecular weight is 305 g/mol. The van der Waals surface area contributed by atoms with E-state index in [9.17, 15) is 0 Å². The molecule has 92 valence electrons. The van der Waals surface area contributed by atoms with Crippen LogP contribution >= 0.6 is 15.9 Å². The van der Waals surface area contributed by atoms with Crippen LogP contribution in [0, 0.1) is 6.92 Å². The summed E-state index contributed by atoms with van der Waals surface area (Å²) in [4.78, 5) is 4.40. The summed E-state index contributed by atoms with van der Waals surface area (Å²) >= 11 is 3.59. The average Bonchev–Trinajstić information content (AvgIpc) is 2.87. The molecule has 0 radical (unpaired) electrons. The number of nitrogens with zero attached hydrogens (tertiary/aromatic N) is 4. The zero-order valence-electron chi connectivity index (χ0n) is 10.3. The zero-order valence-corrected chi connectivity index (χ0v) is 11.8. The molecule has 0 unspecified atom stereocenters. The van der Waals surface area contributed by atoms with Crippen molar-refractivity contribution >= 4 is 27.0 Å². The van der Waals surface area contributed by atoms with Gasteiger partial charge in [-0.2, -0.15) is 5.10 Å². The third kappa shape index (κ3) is 1.75. The van der Waals surface area contributed by atoms with Gasteiger partial charge in [0.05, 0.1) is 39.8 Å². The summed E-state index contributed by atoms with van der Waals surface area (Å²) in [6.07, 6.45) is 1.87. The maximum atomic E-state index is 4.41. The molecule has 0 spiro atoms. The van der Waals surface area contributed by atoms with E-state index in [-0.39, 0.29) is 0 Å². The lowest BCUT2D eigenvalue weighted by atomic mass is 10.3. The first-order chi connectivity index (χ1) is 8.66. The van der Waals surface area contributed by atoms with E-state index in [1.807, 2.05) is 43.2 Å². The van der Waals surface area contributed by atoms with Crippen molar-refractivity contribution in [1.82, 2.24) is 19.3 Å². The Morgan fingerprint density at radius 1 is 1.28 bits per heavy atom. The summed E-state index contributed by atoms with van der Waals surface area (Å²) < 4.78 is 5.12. The van der Waals surface area contributed by atoms with E-state index in [0.717, 1.165) is 33.4 Å². The molecule has 0 aliphatic rings. The van der Waals surface area contributed by atoms with E-state index in [1.165, 1.54) is 0 Å². The van der Waals surface area contributed by atoms with Crippen LogP contribution in [0.1, 0.15) is 11.4 Å². The van der Waals surface area contributed by atoms with Crippen LogP contribution < -0.4 is 0 Å². The van der Waals surface area contributed by atoms with Gasteiger partial charge in [-0.05, 0) is 35.0 Å². The summed E-state index contributed by atoms with van der Waals surface area (Å²) in [6.45, 7) is 2.76. The number of fused-ring (bicyclic) bond motifs is 1. The number of rotatable bonds is 2. The molecule has 0 N–H and O–H groups in total. The van der Waals surface area contributed by atoms with Gasteiger partial charge in [0.2, 0.25) is 0 Å². The highest BCUT2D eigenvalue weighted by Gasteiger charge is 2.12. The maximum absolute atomic E-state index is 4.41. The number of para-hydroxylation sites is 2. The van der Waals surface area contributed by atoms with Gasteiger partial charge in [0, 0.05) is 7.05 Å². The molecule has 1 aromatic carbocycles. The Morgan fingerprint density at radius 3 is 2.78 bits per heavy atom. The van der Waals surface area contributed by atoms with Crippen LogP contribution in [0.4, 0.5) is 0 Å². The monoisotopic (exact) mass is 304 g/mol. The molecule has 3 rings (SSSR count). The van der Waals surface area contributed by atoms with Crippen LogP contribution in [-0.4, -0.2) is 19.3 Å². The minimum absolute atomic E-state index is 0.762. The number of halogens is 1. The second-order valence-electron chi connectivity index (χ2n) is 4.33. The minimum atomic E-state index is 0.762. The van der Waals surface area contributed by atoms with Crippen molar-refractivity contribution < 1.29 is 0 Å². The molecule has 0 bridgehead atoms. The van der Waals surface area contributed by atoms with Gasteiger partial charge < -0.3 is 4.57 Å². The van der Waals surface area contributed by atoms with Crippen LogP contribution in [0.15, 0.2) is 35.1 Å². The van der Waals surface area contributed by atoms with Gasteiger partial charge in [-0.15, -0.1) is 0 Å². The first kappa shape index (κ1) is 11.5. The smallest absolute Gasteiger partial charge is 0.0962 e. The normalized spacial score (nSPS) is 11.3. The Balaban J connectivity index is 2.07. The largest absolute Gasteiger partial charge is 0.324 e. The van der Waals surface area contributed by atoms with Gasteiger partial charge in [-0.1, -0.05) is 12.1 Å². The Kier molecular flexibility index (Phi) is 2.70. The second-order valence-corrected chi connectivity index (χ2v) is 5.12. The first-order valence-electron chi connectivity index (χ1n) is 5.74. The zero-order chi connectivity index (χ0) is 12.7. The van der Waals surface area contributed by atoms with Crippen molar-refractivity contribution in [2.75, 3.05) is 0 Å². The number of hydrogen-bond acceptors (Lipinski definition) is 2. The molecule has 0 amide bonds. The molecule has 0 fully saturated rings. The molecule has 5 heteroatoms. The Labute approximate surface area is 113 Å². The van der Waals surface area contributed by atoms with Crippen LogP contribution in [-0.2, 0) is 13.6 Å². The minimum Gasteiger partial charge on any atom is -0.324 e. The summed E-state index contributed by atoms with van der Waals surface area (Å²) in [5, 5.41) is 4.41. The van der Waals surface area contributed by atoms with Gasteiger partial charge in [-0.25, -0.2) is 4.98 Å². The number of aryl methyl sites for hydroxylation is 2. The van der Waals surface area contributed by atoms with E-state index in [0.29, 0.717) is 0 Å². The van der Waals surface area contributed by atoms with Crippen LogP contribution in [0.2, 0.25) is 0 Å². The molecule has 4 nitrogen and oxygen atoms in total. The van der Waals surface area contributed by atoms with Gasteiger partial charge >= 0.3 is 0 Å². The van der Waals surface area contributed by atoms with Crippen molar-refractivity contribution in [2.45, 2.75) is 13.5 Å². The Bertz CT molecular complexity index is 711. The third-order valence-corrected chi connectivity index (χ3v) is 4.14. The molecule has 0 saturated heterocycles. The lowest BCUT2D eigenvalue weighted by Gasteiger charge is -2.05. The van der Waals surface area contributed by atoms with Crippen molar-refractivity contribution in [3.63, 3.8) is 0 Å². The van der Waals surface area contributed by atoms with Crippen molar-refractivity contribution in [3.8, 4) is 0 Å². The molecule has 0 atom stereocenters. The highest BCUT2D eigenvalue weighted by molar-refractivity contribution is 9.10. The fourth-order valence-corrected chi connectivity index (χ4v) is 2.61. The van der Waals surface area contributed by atoms with E-state index in [1.54, 1.807) is 0 Å². The lowest BCUT2D eigenvalue weighted by molar-refractivity contribution is 0.669. The Hall–Kier alpha value is -1.62. The standard InChI is InChI=1S/C13H13BrN4/c1-9-13(14)12(17(2)16-9)7-18-8-15-10-5-3-4-6-11(10)18/h3-6,8H,7H2,1-2H3. The number of benzene rings is 1. The quantitative estimate of drug-likeness (QED) is 0.730. The van der Waals surface area contributed by atoms with Gasteiger partial charge in [0.1, 0.15) is 0 Å². The van der Waals surface area contributed by atoms with E-state index in [2.05, 4.69) is 36.6 Å². The molecule has 3 aromatic rings. The van der Waals surface area contributed by atoms with E-state index in [4.69, 9.17) is 0 Å². The highest BCUT2D eigenvalue weighted by atomic mass is 79.9. The lowest BCUT2D eigenvalue weighted by Crippen LogP contribution is -2.05. The van der Waals surface area contributed by atoms with E-state index >= 15 is 0 Å². The predicted octanol–water partition coefficient (Wildman–Crippen LogP) is 2.89. The topological polar surface area (TPSA) is 35.6 Å². The molecule has 2 heterocycles. The number of aromatic nitrogens is 4. The van der Waals surface area contributed by atoms with Crippen molar-refractivity contribution in [1.29, 1.82) is 0 Å². The molecule has 18 heavy (non-hydrogen) atoms. The fraction of sp³-hybridized carbons (Fsp3) is 0.231. The second kappa shape index (κ2) is 4.24. The summed E-state index contributed by atoms with van der Waals surface area (Å²) in [6, 6.07) is 8.14. The summed E-state index contributed by atoms with van der Waals surface area (Å²) in [7, 11) is 1.96.